The number of esters is 1. The highest BCUT2D eigenvalue weighted by Gasteiger charge is 2.68. The topological polar surface area (TPSA) is 38.3 Å². The molecule has 196 valence electrons. The molecule has 0 bridgehead atoms. The highest BCUT2D eigenvalue weighted by molar-refractivity contribution is 7.80. The van der Waals surface area contributed by atoms with Crippen LogP contribution in [0.1, 0.15) is 113 Å². The third kappa shape index (κ3) is 3.40. The van der Waals surface area contributed by atoms with Crippen molar-refractivity contribution in [2.75, 3.05) is 7.11 Å². The van der Waals surface area contributed by atoms with Gasteiger partial charge >= 0.3 is 5.97 Å². The van der Waals surface area contributed by atoms with Gasteiger partial charge in [-0.05, 0) is 117 Å². The Morgan fingerprint density at radius 2 is 1.66 bits per heavy atom. The molecule has 0 spiro atoms. The minimum Gasteiger partial charge on any atom is -0.469 e. The van der Waals surface area contributed by atoms with E-state index in [0.717, 1.165) is 49.9 Å². The Hall–Kier alpha value is -0.900. The van der Waals surface area contributed by atoms with Crippen molar-refractivity contribution < 1.29 is 9.53 Å². The average molecular weight is 500 g/mol. The lowest BCUT2D eigenvalue weighted by Gasteiger charge is -2.69. The summed E-state index contributed by atoms with van der Waals surface area (Å²) in [6, 6.07) is 0. The van der Waals surface area contributed by atoms with Gasteiger partial charge in [0.15, 0.2) is 0 Å². The van der Waals surface area contributed by atoms with Gasteiger partial charge in [0.1, 0.15) is 0 Å². The summed E-state index contributed by atoms with van der Waals surface area (Å²) in [4.78, 5) is 14.4. The number of thiocarbonyl (C=S) groups is 1. The molecule has 0 aromatic rings. The number of rotatable bonds is 1. The molecular weight excluding hydrogens is 450 g/mol. The summed E-state index contributed by atoms with van der Waals surface area (Å²) in [5, 5.41) is 3.75. The SMILES string of the molecule is COC(=O)[C@]12CCC(C)(C)CC1C1=CCC3[C@@]4(C)CCC(=S)NC(C)(C)C4CC[C@@]3(C)[C@]1(C)CC2. The molecule has 3 nitrogen and oxygen atoms in total. The number of carbonyl (C=O) groups is 1. The van der Waals surface area contributed by atoms with Crippen LogP contribution >= 0.6 is 12.2 Å². The molecule has 4 fully saturated rings. The zero-order chi connectivity index (χ0) is 25.7. The van der Waals surface area contributed by atoms with Crippen LogP contribution in [0.25, 0.3) is 0 Å². The van der Waals surface area contributed by atoms with E-state index in [0.29, 0.717) is 17.8 Å². The van der Waals surface area contributed by atoms with Gasteiger partial charge < -0.3 is 10.1 Å². The van der Waals surface area contributed by atoms with Gasteiger partial charge in [0.25, 0.3) is 0 Å². The van der Waals surface area contributed by atoms with Crippen LogP contribution in [0.4, 0.5) is 0 Å². The molecule has 1 saturated heterocycles. The number of nitrogens with one attached hydrogen (secondary N) is 1. The van der Waals surface area contributed by atoms with Crippen molar-refractivity contribution in [1.29, 1.82) is 0 Å². The summed E-state index contributed by atoms with van der Waals surface area (Å²) >= 11 is 5.77. The van der Waals surface area contributed by atoms with E-state index in [1.165, 1.54) is 19.3 Å². The van der Waals surface area contributed by atoms with Crippen molar-refractivity contribution in [1.82, 2.24) is 5.32 Å². The molecule has 1 N–H and O–H groups in total. The molecule has 4 heteroatoms. The normalized spacial score (nSPS) is 48.1. The largest absolute Gasteiger partial charge is 0.469 e. The van der Waals surface area contributed by atoms with Crippen LogP contribution in [0.5, 0.6) is 0 Å². The Balaban J connectivity index is 1.61. The first-order valence-corrected chi connectivity index (χ1v) is 14.7. The predicted molar refractivity (Wildman–Crippen MR) is 147 cm³/mol. The van der Waals surface area contributed by atoms with E-state index in [1.54, 1.807) is 12.7 Å². The summed E-state index contributed by atoms with van der Waals surface area (Å²) in [5.41, 5.74) is 2.25. The summed E-state index contributed by atoms with van der Waals surface area (Å²) in [6.45, 7) is 17.4. The molecule has 0 amide bonds. The number of hydrogen-bond acceptors (Lipinski definition) is 3. The van der Waals surface area contributed by atoms with E-state index >= 15 is 0 Å². The van der Waals surface area contributed by atoms with Crippen molar-refractivity contribution in [2.24, 2.45) is 44.8 Å². The Labute approximate surface area is 219 Å². The number of methoxy groups -OCH3 is 1. The first-order chi connectivity index (χ1) is 16.2. The number of carbonyl (C=O) groups excluding carboxylic acids is 1. The standard InChI is InChI=1S/C31H49NO2S/c1-26(2)15-17-31(25(33)34-8)18-16-29(6)20(21(31)19-26)9-10-23-28(5)13-12-24(35)32-27(3,4)22(28)11-14-30(23,29)7/h9,21-23H,10-19H2,1-8H3,(H,32,35)/t21?,22?,23?,28-,29+,30+,31-/m0/s1. The second-order valence-corrected chi connectivity index (χ2v) is 15.6. The second-order valence-electron chi connectivity index (χ2n) is 15.1. The third-order valence-electron chi connectivity index (χ3n) is 12.7. The molecule has 1 heterocycles. The Bertz CT molecular complexity index is 967. The van der Waals surface area contributed by atoms with E-state index < -0.39 is 0 Å². The van der Waals surface area contributed by atoms with Crippen molar-refractivity contribution >= 4 is 23.2 Å². The lowest BCUT2D eigenvalue weighted by molar-refractivity contribution is -0.178. The van der Waals surface area contributed by atoms with Crippen LogP contribution in [0, 0.1) is 44.8 Å². The van der Waals surface area contributed by atoms with E-state index in [-0.39, 0.29) is 38.6 Å². The molecule has 5 rings (SSSR count). The van der Waals surface area contributed by atoms with Crippen LogP contribution in [-0.4, -0.2) is 23.6 Å². The van der Waals surface area contributed by atoms with E-state index in [4.69, 9.17) is 17.0 Å². The summed E-state index contributed by atoms with van der Waals surface area (Å²) in [5.74, 6) is 1.64. The van der Waals surface area contributed by atoms with Crippen LogP contribution in [0.3, 0.4) is 0 Å². The van der Waals surface area contributed by atoms with Crippen molar-refractivity contribution in [3.05, 3.63) is 11.6 Å². The van der Waals surface area contributed by atoms with Gasteiger partial charge in [-0.25, -0.2) is 0 Å². The zero-order valence-electron chi connectivity index (χ0n) is 23.6. The Morgan fingerprint density at radius 3 is 2.34 bits per heavy atom. The monoisotopic (exact) mass is 499 g/mol. The second kappa shape index (κ2) is 7.81. The number of fused-ring (bicyclic) bond motifs is 7. The number of allylic oxidation sites excluding steroid dienone is 2. The fraction of sp³-hybridized carbons (Fsp3) is 0.871. The van der Waals surface area contributed by atoms with Gasteiger partial charge in [-0.3, -0.25) is 4.79 Å². The quantitative estimate of drug-likeness (QED) is 0.229. The highest BCUT2D eigenvalue weighted by Crippen LogP contribution is 2.74. The summed E-state index contributed by atoms with van der Waals surface area (Å²) < 4.78 is 5.51. The molecular formula is C31H49NO2S. The molecule has 0 aromatic heterocycles. The van der Waals surface area contributed by atoms with Gasteiger partial charge in [-0.2, -0.15) is 0 Å². The summed E-state index contributed by atoms with van der Waals surface area (Å²) in [6.07, 6.45) is 13.8. The summed E-state index contributed by atoms with van der Waals surface area (Å²) in [7, 11) is 1.60. The van der Waals surface area contributed by atoms with Crippen LogP contribution < -0.4 is 5.32 Å². The van der Waals surface area contributed by atoms with E-state index in [9.17, 15) is 4.79 Å². The Morgan fingerprint density at radius 1 is 0.971 bits per heavy atom. The molecule has 0 aromatic carbocycles. The Kier molecular flexibility index (Phi) is 5.74. The van der Waals surface area contributed by atoms with Crippen molar-refractivity contribution in [3.8, 4) is 0 Å². The number of ether oxygens (including phenoxy) is 1. The van der Waals surface area contributed by atoms with E-state index in [1.807, 2.05) is 0 Å². The smallest absolute Gasteiger partial charge is 0.312 e. The van der Waals surface area contributed by atoms with Gasteiger partial charge in [0, 0.05) is 5.54 Å². The highest BCUT2D eigenvalue weighted by atomic mass is 32.1. The average Bonchev–Trinajstić information content (AvgIpc) is 2.85. The minimum absolute atomic E-state index is 0.0363. The van der Waals surface area contributed by atoms with E-state index in [2.05, 4.69) is 59.9 Å². The van der Waals surface area contributed by atoms with Crippen molar-refractivity contribution in [3.63, 3.8) is 0 Å². The lowest BCUT2D eigenvalue weighted by atomic mass is 9.35. The molecule has 0 radical (unpaired) electrons. The van der Waals surface area contributed by atoms with Gasteiger partial charge in [0.05, 0.1) is 17.5 Å². The minimum atomic E-state index is -0.319. The third-order valence-corrected chi connectivity index (χ3v) is 13.0. The first kappa shape index (κ1) is 25.7. The molecule has 4 aliphatic carbocycles. The molecule has 5 aliphatic rings. The molecule has 1 aliphatic heterocycles. The maximum absolute atomic E-state index is 13.4. The van der Waals surface area contributed by atoms with Gasteiger partial charge in [-0.1, -0.05) is 58.5 Å². The zero-order valence-corrected chi connectivity index (χ0v) is 24.4. The van der Waals surface area contributed by atoms with Gasteiger partial charge in [0.2, 0.25) is 0 Å². The maximum Gasteiger partial charge on any atom is 0.312 e. The predicted octanol–water partition coefficient (Wildman–Crippen LogP) is 7.63. The molecule has 35 heavy (non-hydrogen) atoms. The molecule has 3 unspecified atom stereocenters. The molecule has 3 saturated carbocycles. The maximum atomic E-state index is 13.4. The van der Waals surface area contributed by atoms with Crippen LogP contribution in [0.15, 0.2) is 11.6 Å². The van der Waals surface area contributed by atoms with Crippen molar-refractivity contribution in [2.45, 2.75) is 118 Å². The first-order valence-electron chi connectivity index (χ1n) is 14.3. The lowest BCUT2D eigenvalue weighted by Crippen LogP contribution is -2.64. The fourth-order valence-electron chi connectivity index (χ4n) is 10.6. The van der Waals surface area contributed by atoms with Crippen LogP contribution in [-0.2, 0) is 9.53 Å². The van der Waals surface area contributed by atoms with Gasteiger partial charge in [-0.15, -0.1) is 0 Å². The van der Waals surface area contributed by atoms with Crippen LogP contribution in [0.2, 0.25) is 0 Å². The fourth-order valence-corrected chi connectivity index (χ4v) is 11.0. The number of hydrogen-bond donors (Lipinski definition) is 1. The molecule has 7 atom stereocenters.